The van der Waals surface area contributed by atoms with Gasteiger partial charge in [0, 0.05) is 25.7 Å². The summed E-state index contributed by atoms with van der Waals surface area (Å²) in [6.45, 7) is 11.6. The standard InChI is InChI=1S/C67H126O17P2/c1-8-10-11-12-13-14-15-16-17-18-19-20-27-36-43-50-66(71)83-62(54-77-64(69)48-41-34-26-22-21-25-33-40-47-60(7)9-2)56-81-85(73,74)79-52-61(68)53-80-86(75,76)82-57-63(55-78-65(70)49-42-35-30-29-32-39-46-59(5)6)84-67(72)51-44-37-28-23-24-31-38-45-58(3)4/h14-17,58-63,68H,8-13,18-57H2,1-7H3,(H,73,74)(H,75,76)/b15-14-,17-16-/t60?,61-,62-,63-/m1/s1. The molecule has 19 heteroatoms. The number of phosphoric acid groups is 2. The van der Waals surface area contributed by atoms with Gasteiger partial charge in [0.05, 0.1) is 26.4 Å². The molecule has 0 radical (unpaired) electrons. The minimum Gasteiger partial charge on any atom is -0.462 e. The lowest BCUT2D eigenvalue weighted by Gasteiger charge is -2.21. The van der Waals surface area contributed by atoms with Gasteiger partial charge >= 0.3 is 39.5 Å². The molecule has 506 valence electrons. The van der Waals surface area contributed by atoms with Crippen LogP contribution in [0.15, 0.2) is 24.3 Å². The van der Waals surface area contributed by atoms with E-state index in [0.717, 1.165) is 115 Å². The third-order valence-corrected chi connectivity index (χ3v) is 17.0. The second-order valence-corrected chi connectivity index (χ2v) is 27.6. The van der Waals surface area contributed by atoms with E-state index in [2.05, 4.69) is 72.8 Å². The van der Waals surface area contributed by atoms with E-state index < -0.39 is 97.5 Å². The van der Waals surface area contributed by atoms with E-state index in [-0.39, 0.29) is 25.7 Å². The minimum atomic E-state index is -4.96. The third kappa shape index (κ3) is 59.2. The zero-order chi connectivity index (χ0) is 63.8. The fourth-order valence-corrected chi connectivity index (χ4v) is 11.0. The molecule has 6 atom stereocenters. The lowest BCUT2D eigenvalue weighted by Crippen LogP contribution is -2.30. The topological polar surface area (TPSA) is 237 Å². The first kappa shape index (κ1) is 83.5. The van der Waals surface area contributed by atoms with Crippen LogP contribution < -0.4 is 0 Å². The van der Waals surface area contributed by atoms with Crippen molar-refractivity contribution >= 4 is 39.5 Å². The van der Waals surface area contributed by atoms with Gasteiger partial charge in [-0.15, -0.1) is 0 Å². The first-order valence-electron chi connectivity index (χ1n) is 34.2. The summed E-state index contributed by atoms with van der Waals surface area (Å²) >= 11 is 0. The van der Waals surface area contributed by atoms with Gasteiger partial charge in [-0.05, 0) is 69.1 Å². The van der Waals surface area contributed by atoms with Gasteiger partial charge in [0.25, 0.3) is 0 Å². The summed E-state index contributed by atoms with van der Waals surface area (Å²) in [4.78, 5) is 72.3. The Bertz CT molecular complexity index is 1790. The molecule has 0 aromatic rings. The van der Waals surface area contributed by atoms with Crippen LogP contribution in [0.3, 0.4) is 0 Å². The van der Waals surface area contributed by atoms with Crippen LogP contribution in [0.1, 0.15) is 305 Å². The van der Waals surface area contributed by atoms with Gasteiger partial charge in [0.15, 0.2) is 12.2 Å². The lowest BCUT2D eigenvalue weighted by molar-refractivity contribution is -0.161. The molecule has 0 aliphatic heterocycles. The summed E-state index contributed by atoms with van der Waals surface area (Å²) in [6, 6.07) is 0. The largest absolute Gasteiger partial charge is 0.472 e. The number of allylic oxidation sites excluding steroid dienone is 4. The molecule has 0 fully saturated rings. The molecule has 0 saturated carbocycles. The van der Waals surface area contributed by atoms with Gasteiger partial charge in [-0.3, -0.25) is 37.3 Å². The van der Waals surface area contributed by atoms with E-state index >= 15 is 0 Å². The smallest absolute Gasteiger partial charge is 0.462 e. The van der Waals surface area contributed by atoms with E-state index in [0.29, 0.717) is 37.5 Å². The maximum Gasteiger partial charge on any atom is 0.472 e. The Hall–Kier alpha value is -2.46. The molecule has 0 aromatic carbocycles. The number of aliphatic hydroxyl groups is 1. The van der Waals surface area contributed by atoms with Gasteiger partial charge in [0.1, 0.15) is 19.3 Å². The van der Waals surface area contributed by atoms with Crippen LogP contribution in [0.5, 0.6) is 0 Å². The quantitative estimate of drug-likeness (QED) is 0.0169. The Labute approximate surface area is 522 Å². The second-order valence-electron chi connectivity index (χ2n) is 24.7. The van der Waals surface area contributed by atoms with Crippen molar-refractivity contribution in [3.63, 3.8) is 0 Å². The van der Waals surface area contributed by atoms with Crippen molar-refractivity contribution < 1.29 is 80.2 Å². The molecule has 0 amide bonds. The van der Waals surface area contributed by atoms with Gasteiger partial charge in [-0.2, -0.15) is 0 Å². The molecule has 0 spiro atoms. The van der Waals surface area contributed by atoms with E-state index in [1.807, 2.05) is 0 Å². The normalized spacial score (nSPS) is 14.8. The number of phosphoric ester groups is 2. The zero-order valence-electron chi connectivity index (χ0n) is 55.3. The Morgan fingerprint density at radius 3 is 1.03 bits per heavy atom. The molecule has 0 aromatic heterocycles. The first-order chi connectivity index (χ1) is 41.3. The second kappa shape index (κ2) is 57.7. The highest BCUT2D eigenvalue weighted by molar-refractivity contribution is 7.47. The predicted molar refractivity (Wildman–Crippen MR) is 344 cm³/mol. The number of ether oxygens (including phenoxy) is 4. The van der Waals surface area contributed by atoms with Gasteiger partial charge < -0.3 is 33.8 Å². The maximum absolute atomic E-state index is 13.0. The fraction of sp³-hybridized carbons (Fsp3) is 0.881. The van der Waals surface area contributed by atoms with Gasteiger partial charge in [-0.25, -0.2) is 9.13 Å². The Morgan fingerprint density at radius 1 is 0.384 bits per heavy atom. The van der Waals surface area contributed by atoms with Crippen LogP contribution in [-0.2, 0) is 65.4 Å². The van der Waals surface area contributed by atoms with Gasteiger partial charge in [-0.1, -0.05) is 253 Å². The van der Waals surface area contributed by atoms with E-state index in [9.17, 15) is 43.2 Å². The number of esters is 4. The summed E-state index contributed by atoms with van der Waals surface area (Å²) in [7, 11) is -9.91. The van der Waals surface area contributed by atoms with E-state index in [1.165, 1.54) is 96.3 Å². The van der Waals surface area contributed by atoms with Crippen molar-refractivity contribution in [2.75, 3.05) is 39.6 Å². The highest BCUT2D eigenvalue weighted by Gasteiger charge is 2.30. The number of hydrogen-bond acceptors (Lipinski definition) is 15. The molecule has 3 N–H and O–H groups in total. The molecule has 3 unspecified atom stereocenters. The summed E-state index contributed by atoms with van der Waals surface area (Å²) in [5.41, 5.74) is 0. The molecule has 0 bridgehead atoms. The maximum atomic E-state index is 13.0. The highest BCUT2D eigenvalue weighted by Crippen LogP contribution is 2.45. The molecule has 0 rings (SSSR count). The molecule has 86 heavy (non-hydrogen) atoms. The molecule has 0 aliphatic rings. The van der Waals surface area contributed by atoms with Crippen LogP contribution in [-0.4, -0.2) is 96.7 Å². The number of unbranched alkanes of at least 4 members (excludes halogenated alkanes) is 27. The Balaban J connectivity index is 5.29. The van der Waals surface area contributed by atoms with Crippen molar-refractivity contribution in [2.45, 2.75) is 324 Å². The Kier molecular flexibility index (Phi) is 56.0. The number of aliphatic hydroxyl groups excluding tert-OH is 1. The highest BCUT2D eigenvalue weighted by atomic mass is 31.2. The van der Waals surface area contributed by atoms with Crippen molar-refractivity contribution in [3.8, 4) is 0 Å². The van der Waals surface area contributed by atoms with Crippen LogP contribution in [0.25, 0.3) is 0 Å². The summed E-state index contributed by atoms with van der Waals surface area (Å²) < 4.78 is 68.0. The van der Waals surface area contributed by atoms with Crippen molar-refractivity contribution in [1.29, 1.82) is 0 Å². The monoisotopic (exact) mass is 1260 g/mol. The molecular weight excluding hydrogens is 1140 g/mol. The summed E-state index contributed by atoms with van der Waals surface area (Å²) in [5, 5.41) is 10.5. The number of hydrogen-bond donors (Lipinski definition) is 3. The average Bonchev–Trinajstić information content (AvgIpc) is 3.68. The van der Waals surface area contributed by atoms with Crippen LogP contribution in [0, 0.1) is 17.8 Å². The molecule has 0 saturated heterocycles. The Morgan fingerprint density at radius 2 is 0.686 bits per heavy atom. The van der Waals surface area contributed by atoms with Gasteiger partial charge in [0.2, 0.25) is 0 Å². The van der Waals surface area contributed by atoms with Crippen molar-refractivity contribution in [1.82, 2.24) is 0 Å². The van der Waals surface area contributed by atoms with E-state index in [1.54, 1.807) is 0 Å². The average molecular weight is 1270 g/mol. The number of rotatable bonds is 63. The van der Waals surface area contributed by atoms with Crippen LogP contribution in [0.4, 0.5) is 0 Å². The SMILES string of the molecule is CCCCCC/C=C\C=C/CCCCCCCC(=O)O[C@H](COC(=O)CCCCCCCCCCC(C)CC)COP(=O)(O)OC[C@@H](O)COP(=O)(O)OC[C@@H](COC(=O)CCCCCCCCC(C)C)OC(=O)CCCCCCCCCC(C)C. The number of carbonyl (C=O) groups is 4. The third-order valence-electron chi connectivity index (χ3n) is 15.1. The van der Waals surface area contributed by atoms with Crippen LogP contribution >= 0.6 is 15.6 Å². The minimum absolute atomic E-state index is 0.0838. The summed E-state index contributed by atoms with van der Waals surface area (Å²) in [5.74, 6) is -0.0201. The fourth-order valence-electron chi connectivity index (χ4n) is 9.44. The van der Waals surface area contributed by atoms with Crippen molar-refractivity contribution in [2.24, 2.45) is 17.8 Å². The molecular formula is C67H126O17P2. The van der Waals surface area contributed by atoms with Crippen LogP contribution in [0.2, 0.25) is 0 Å². The lowest BCUT2D eigenvalue weighted by atomic mass is 9.99. The van der Waals surface area contributed by atoms with Crippen molar-refractivity contribution in [3.05, 3.63) is 24.3 Å². The molecule has 0 aliphatic carbocycles. The summed E-state index contributed by atoms with van der Waals surface area (Å²) in [6.07, 6.45) is 42.7. The molecule has 17 nitrogen and oxygen atoms in total. The zero-order valence-corrected chi connectivity index (χ0v) is 57.0. The molecule has 0 heterocycles. The first-order valence-corrected chi connectivity index (χ1v) is 37.2. The predicted octanol–water partition coefficient (Wildman–Crippen LogP) is 18.2. The number of carbonyl (C=O) groups excluding carboxylic acids is 4. The van der Waals surface area contributed by atoms with E-state index in [4.69, 9.17) is 37.0 Å².